The number of pyridine rings is 2. The molecule has 2 aromatic rings. The molecular weight excluding hydrogens is 442 g/mol. The average molecular weight is 469 g/mol. The van der Waals surface area contributed by atoms with Gasteiger partial charge in [0.05, 0.1) is 32.5 Å². The molecule has 1 atom stereocenters. The van der Waals surface area contributed by atoms with Gasteiger partial charge < -0.3 is 19.5 Å². The van der Waals surface area contributed by atoms with Crippen LogP contribution in [0.2, 0.25) is 0 Å². The van der Waals surface area contributed by atoms with Crippen LogP contribution in [0.15, 0.2) is 39.9 Å². The Kier molecular flexibility index (Phi) is 6.25. The Morgan fingerprint density at radius 3 is 2.75 bits per heavy atom. The van der Waals surface area contributed by atoms with Crippen LogP contribution in [-0.4, -0.2) is 59.4 Å². The highest BCUT2D eigenvalue weighted by Gasteiger charge is 2.32. The Labute approximate surface area is 181 Å². The van der Waals surface area contributed by atoms with Crippen LogP contribution in [0, 0.1) is 0 Å². The molecule has 0 radical (unpaired) electrons. The summed E-state index contributed by atoms with van der Waals surface area (Å²) in [5.41, 5.74) is 1.41. The van der Waals surface area contributed by atoms with Gasteiger partial charge in [0.25, 0.3) is 5.56 Å². The zero-order chi connectivity index (χ0) is 19.9. The van der Waals surface area contributed by atoms with Crippen molar-refractivity contribution in [3.05, 3.63) is 45.4 Å². The van der Waals surface area contributed by atoms with E-state index in [4.69, 9.17) is 6.11 Å². The minimum absolute atomic E-state index is 0. The van der Waals surface area contributed by atoms with E-state index in [1.54, 1.807) is 19.3 Å². The van der Waals surface area contributed by atoms with Crippen molar-refractivity contribution < 1.29 is 6.11 Å². The van der Waals surface area contributed by atoms with E-state index in [9.17, 15) is 4.79 Å². The summed E-state index contributed by atoms with van der Waals surface area (Å²) in [5, 5.41) is 3.10. The van der Waals surface area contributed by atoms with Gasteiger partial charge in [-0.15, -0.1) is 0 Å². The highest BCUT2D eigenvalue weighted by molar-refractivity contribution is 9.10. The number of aromatic nitrogens is 2. The number of hydrogen-bond acceptors (Lipinski definition) is 6. The lowest BCUT2D eigenvalue weighted by molar-refractivity contribution is -0.0691. The third-order valence-corrected chi connectivity index (χ3v) is 5.54. The standard InChI is InChI=1S/C19H24BrN5O2.H2S/c1-13-9-24(16-11-27-12-16)5-6-25(13)15-3-4-18(21-8-15)22-17-7-14(20)10-23(2)19(17)26;/h3-4,7-8,10,13,16H,5-6,9,11-12H2,1-2H3,(H,21,22);1H2/t13-;/m0./s1/i16D;. The zero-order valence-corrected chi connectivity index (χ0v) is 18.6. The summed E-state index contributed by atoms with van der Waals surface area (Å²) in [6.07, 6.45) is 3.56. The number of halogens is 1. The molecule has 9 heteroatoms. The molecule has 2 aliphatic rings. The summed E-state index contributed by atoms with van der Waals surface area (Å²) in [6, 6.07) is 5.39. The van der Waals surface area contributed by atoms with Gasteiger partial charge in [-0.1, -0.05) is 0 Å². The molecular formula is C19H26BrN5O2S. The molecule has 2 fully saturated rings. The molecule has 152 valence electrons. The molecule has 1 N–H and O–H groups in total. The maximum Gasteiger partial charge on any atom is 0.274 e. The van der Waals surface area contributed by atoms with E-state index < -0.39 is 6.02 Å². The van der Waals surface area contributed by atoms with Crippen molar-refractivity contribution in [2.45, 2.75) is 19.0 Å². The lowest BCUT2D eigenvalue weighted by atomic mass is 10.1. The fraction of sp³-hybridized carbons (Fsp3) is 0.474. The van der Waals surface area contributed by atoms with Crippen LogP contribution in [0.4, 0.5) is 17.2 Å². The molecule has 0 bridgehead atoms. The van der Waals surface area contributed by atoms with Crippen LogP contribution in [0.5, 0.6) is 0 Å². The second-order valence-electron chi connectivity index (χ2n) is 7.06. The van der Waals surface area contributed by atoms with Crippen molar-refractivity contribution in [3.63, 3.8) is 0 Å². The number of hydrogen-bond donors (Lipinski definition) is 1. The SMILES string of the molecule is S.[2H]C1(N2CCN(c3ccc(Nc4cc(Br)cn(C)c4=O)nc3)[C@@H](C)C2)COC1. The van der Waals surface area contributed by atoms with Crippen molar-refractivity contribution in [1.82, 2.24) is 14.5 Å². The fourth-order valence-corrected chi connectivity index (χ4v) is 4.07. The largest absolute Gasteiger partial charge is 0.378 e. The topological polar surface area (TPSA) is 62.6 Å². The number of ether oxygens (including phenoxy) is 1. The van der Waals surface area contributed by atoms with Crippen molar-refractivity contribution in [1.29, 1.82) is 0 Å². The summed E-state index contributed by atoms with van der Waals surface area (Å²) < 4.78 is 16.0. The van der Waals surface area contributed by atoms with E-state index in [0.717, 1.165) is 29.8 Å². The van der Waals surface area contributed by atoms with Gasteiger partial charge in [0, 0.05) is 43.4 Å². The van der Waals surface area contributed by atoms with Gasteiger partial charge in [0.15, 0.2) is 0 Å². The molecule has 0 aliphatic carbocycles. The van der Waals surface area contributed by atoms with Crippen LogP contribution in [0.1, 0.15) is 8.29 Å². The minimum atomic E-state index is -0.553. The highest BCUT2D eigenvalue weighted by Crippen LogP contribution is 2.24. The number of nitrogens with zero attached hydrogens (tertiary/aromatic N) is 4. The number of rotatable bonds is 4. The molecule has 4 rings (SSSR count). The van der Waals surface area contributed by atoms with E-state index in [2.05, 4.69) is 43.0 Å². The molecule has 0 aromatic carbocycles. The first-order valence-electron chi connectivity index (χ1n) is 9.54. The summed E-state index contributed by atoms with van der Waals surface area (Å²) in [4.78, 5) is 21.3. The van der Waals surface area contributed by atoms with Crippen molar-refractivity contribution in [3.8, 4) is 0 Å². The number of aryl methyl sites for hydroxylation is 1. The predicted octanol–water partition coefficient (Wildman–Crippen LogP) is 2.31. The predicted molar refractivity (Wildman–Crippen MR) is 120 cm³/mol. The molecule has 7 nitrogen and oxygen atoms in total. The minimum Gasteiger partial charge on any atom is -0.378 e. The van der Waals surface area contributed by atoms with Crippen molar-refractivity contribution in [2.24, 2.45) is 7.05 Å². The molecule has 0 amide bonds. The first-order valence-corrected chi connectivity index (χ1v) is 9.84. The van der Waals surface area contributed by atoms with Gasteiger partial charge in [-0.3, -0.25) is 9.69 Å². The van der Waals surface area contributed by atoms with Gasteiger partial charge in [-0.2, -0.15) is 13.5 Å². The first-order chi connectivity index (χ1) is 13.4. The molecule has 0 unspecified atom stereocenters. The lowest BCUT2D eigenvalue weighted by Crippen LogP contribution is -2.59. The van der Waals surface area contributed by atoms with Gasteiger partial charge in [0.1, 0.15) is 11.5 Å². The van der Waals surface area contributed by atoms with E-state index in [1.165, 1.54) is 4.57 Å². The van der Waals surface area contributed by atoms with Crippen molar-refractivity contribution in [2.75, 3.05) is 43.1 Å². The monoisotopic (exact) mass is 468 g/mol. The molecule has 2 aliphatic heterocycles. The number of anilines is 3. The maximum atomic E-state index is 12.2. The number of nitrogens with one attached hydrogen (secondary N) is 1. The third-order valence-electron chi connectivity index (χ3n) is 5.10. The van der Waals surface area contributed by atoms with Gasteiger partial charge in [-0.05, 0) is 41.1 Å². The molecule has 0 saturated carbocycles. The average Bonchev–Trinajstić information content (AvgIpc) is 2.64. The van der Waals surface area contributed by atoms with E-state index >= 15 is 0 Å². The van der Waals surface area contributed by atoms with Crippen LogP contribution in [-0.2, 0) is 11.8 Å². The smallest absolute Gasteiger partial charge is 0.274 e. The summed E-state index contributed by atoms with van der Waals surface area (Å²) in [7, 11) is 1.71. The summed E-state index contributed by atoms with van der Waals surface area (Å²) in [6.45, 7) is 5.69. The van der Waals surface area contributed by atoms with Gasteiger partial charge >= 0.3 is 0 Å². The Morgan fingerprint density at radius 1 is 1.36 bits per heavy atom. The summed E-state index contributed by atoms with van der Waals surface area (Å²) >= 11 is 3.41. The second-order valence-corrected chi connectivity index (χ2v) is 7.98. The van der Waals surface area contributed by atoms with E-state index in [-0.39, 0.29) is 25.1 Å². The highest BCUT2D eigenvalue weighted by atomic mass is 79.9. The van der Waals surface area contributed by atoms with Crippen molar-refractivity contribution >= 4 is 46.6 Å². The third kappa shape index (κ3) is 4.37. The fourth-order valence-electron chi connectivity index (χ4n) is 3.53. The van der Waals surface area contributed by atoms with Crippen LogP contribution in [0.25, 0.3) is 0 Å². The molecule has 28 heavy (non-hydrogen) atoms. The Hall–Kier alpha value is -1.55. The van der Waals surface area contributed by atoms with Gasteiger partial charge in [0.2, 0.25) is 0 Å². The first kappa shape index (κ1) is 19.8. The van der Waals surface area contributed by atoms with E-state index in [0.29, 0.717) is 24.7 Å². The Balaban J connectivity index is 0.00000240. The van der Waals surface area contributed by atoms with E-state index in [1.807, 2.05) is 18.3 Å². The zero-order valence-electron chi connectivity index (χ0n) is 17.0. The quantitative estimate of drug-likeness (QED) is 0.742. The molecule has 2 saturated heterocycles. The van der Waals surface area contributed by atoms with Gasteiger partial charge in [-0.25, -0.2) is 4.98 Å². The summed E-state index contributed by atoms with van der Waals surface area (Å²) in [5.74, 6) is 0.627. The molecule has 2 aromatic heterocycles. The molecule has 0 spiro atoms. The van der Waals surface area contributed by atoms with Crippen LogP contribution in [0.3, 0.4) is 0 Å². The second kappa shape index (κ2) is 8.86. The molecule has 4 heterocycles. The Bertz CT molecular complexity index is 922. The maximum absolute atomic E-state index is 12.2. The normalized spacial score (nSPS) is 22.0. The Morgan fingerprint density at radius 2 is 2.14 bits per heavy atom. The number of piperazine rings is 1. The lowest BCUT2D eigenvalue weighted by Gasteiger charge is -2.46. The van der Waals surface area contributed by atoms with Crippen LogP contribution < -0.4 is 15.8 Å². The van der Waals surface area contributed by atoms with Crippen LogP contribution >= 0.6 is 29.4 Å².